The van der Waals surface area contributed by atoms with Gasteiger partial charge < -0.3 is 9.84 Å². The number of rotatable bonds is 3. The summed E-state index contributed by atoms with van der Waals surface area (Å²) in [4.78, 5) is 16.3. The van der Waals surface area contributed by atoms with E-state index in [-0.39, 0.29) is 11.3 Å². The van der Waals surface area contributed by atoms with Gasteiger partial charge in [-0.05, 0) is 55.8 Å². The summed E-state index contributed by atoms with van der Waals surface area (Å²) in [5.41, 5.74) is 0.313. The number of nitrogens with zero attached hydrogens (tertiary/aromatic N) is 2. The van der Waals surface area contributed by atoms with Crippen LogP contribution in [-0.4, -0.2) is 16.0 Å². The van der Waals surface area contributed by atoms with E-state index in [0.717, 1.165) is 6.07 Å². The number of aromatic nitrogens is 2. The molecule has 0 aliphatic carbocycles. The lowest BCUT2D eigenvalue weighted by atomic mass is 10.1. The maximum Gasteiger partial charge on any atom is 0.416 e. The smallest absolute Gasteiger partial charge is 0.334 e. The van der Waals surface area contributed by atoms with Crippen LogP contribution >= 0.6 is 0 Å². The molecule has 5 nitrogen and oxygen atoms in total. The minimum absolute atomic E-state index is 0.0736. The summed E-state index contributed by atoms with van der Waals surface area (Å²) in [5, 5.41) is 6.16. The Morgan fingerprint density at radius 2 is 1.77 bits per heavy atom. The number of amides is 1. The SMILES string of the molecule is Cc1noc(-c2ccc(C(=O)Nc3ccc(C)c(C(F)(F)F)c3)cc2)n1. The van der Waals surface area contributed by atoms with Crippen molar-refractivity contribution in [3.8, 4) is 11.5 Å². The second-order valence-electron chi connectivity index (χ2n) is 5.71. The normalized spacial score (nSPS) is 11.4. The lowest BCUT2D eigenvalue weighted by molar-refractivity contribution is -0.138. The molecule has 0 unspecified atom stereocenters. The summed E-state index contributed by atoms with van der Waals surface area (Å²) in [6.07, 6.45) is -4.48. The number of carbonyl (C=O) groups excluding carboxylic acids is 1. The molecule has 1 aromatic heterocycles. The molecule has 134 valence electrons. The van der Waals surface area contributed by atoms with E-state index < -0.39 is 17.6 Å². The van der Waals surface area contributed by atoms with Crippen LogP contribution in [0.15, 0.2) is 47.0 Å². The van der Waals surface area contributed by atoms with Crippen LogP contribution in [0, 0.1) is 13.8 Å². The number of carbonyl (C=O) groups is 1. The molecule has 1 amide bonds. The molecule has 1 N–H and O–H groups in total. The average molecular weight is 361 g/mol. The van der Waals surface area contributed by atoms with E-state index in [1.807, 2.05) is 0 Å². The average Bonchev–Trinajstić information content (AvgIpc) is 3.02. The number of hydrogen-bond donors (Lipinski definition) is 1. The second-order valence-corrected chi connectivity index (χ2v) is 5.71. The molecule has 26 heavy (non-hydrogen) atoms. The third-order valence-electron chi connectivity index (χ3n) is 3.72. The zero-order chi connectivity index (χ0) is 18.9. The van der Waals surface area contributed by atoms with Crippen molar-refractivity contribution in [3.05, 3.63) is 65.0 Å². The summed E-state index contributed by atoms with van der Waals surface area (Å²) in [7, 11) is 0. The molecule has 0 bridgehead atoms. The van der Waals surface area contributed by atoms with Crippen molar-refractivity contribution < 1.29 is 22.5 Å². The highest BCUT2D eigenvalue weighted by Crippen LogP contribution is 2.33. The summed E-state index contributed by atoms with van der Waals surface area (Å²) >= 11 is 0. The molecule has 3 rings (SSSR count). The summed E-state index contributed by atoms with van der Waals surface area (Å²) in [6.45, 7) is 3.05. The zero-order valence-electron chi connectivity index (χ0n) is 13.9. The number of nitrogens with one attached hydrogen (secondary N) is 1. The van der Waals surface area contributed by atoms with Crippen LogP contribution < -0.4 is 5.32 Å². The second kappa shape index (κ2) is 6.62. The summed E-state index contributed by atoms with van der Waals surface area (Å²) in [5.74, 6) is 0.291. The lowest BCUT2D eigenvalue weighted by Gasteiger charge is -2.13. The van der Waals surface area contributed by atoms with Gasteiger partial charge >= 0.3 is 6.18 Å². The van der Waals surface area contributed by atoms with Crippen LogP contribution in [0.25, 0.3) is 11.5 Å². The molecule has 0 saturated carbocycles. The first-order valence-electron chi connectivity index (χ1n) is 7.64. The topological polar surface area (TPSA) is 68.0 Å². The Bertz CT molecular complexity index is 947. The van der Waals surface area contributed by atoms with Crippen molar-refractivity contribution in [2.24, 2.45) is 0 Å². The standard InChI is InChI=1S/C18H14F3N3O2/c1-10-3-8-14(9-15(10)18(19,20)21)23-16(25)12-4-6-13(7-5-12)17-22-11(2)24-26-17/h3-9H,1-2H3,(H,23,25). The van der Waals surface area contributed by atoms with Gasteiger partial charge in [-0.1, -0.05) is 11.2 Å². The van der Waals surface area contributed by atoms with Gasteiger partial charge in [-0.2, -0.15) is 18.2 Å². The van der Waals surface area contributed by atoms with E-state index in [4.69, 9.17) is 4.52 Å². The van der Waals surface area contributed by atoms with E-state index in [9.17, 15) is 18.0 Å². The molecule has 8 heteroatoms. The monoisotopic (exact) mass is 361 g/mol. The fourth-order valence-corrected chi connectivity index (χ4v) is 2.39. The highest BCUT2D eigenvalue weighted by atomic mass is 19.4. The molecule has 0 fully saturated rings. The predicted molar refractivity (Wildman–Crippen MR) is 88.6 cm³/mol. The summed E-state index contributed by atoms with van der Waals surface area (Å²) in [6, 6.07) is 9.97. The molecule has 0 aliphatic heterocycles. The first-order valence-corrected chi connectivity index (χ1v) is 7.64. The van der Waals surface area contributed by atoms with Crippen LogP contribution in [-0.2, 0) is 6.18 Å². The molecule has 2 aromatic carbocycles. The van der Waals surface area contributed by atoms with Gasteiger partial charge in [0.1, 0.15) is 0 Å². The van der Waals surface area contributed by atoms with Gasteiger partial charge in [-0.3, -0.25) is 4.79 Å². The fourth-order valence-electron chi connectivity index (χ4n) is 2.39. The Hall–Kier alpha value is -3.16. The maximum atomic E-state index is 13.0. The highest BCUT2D eigenvalue weighted by molar-refractivity contribution is 6.04. The first kappa shape index (κ1) is 17.7. The van der Waals surface area contributed by atoms with E-state index in [0.29, 0.717) is 22.8 Å². The lowest BCUT2D eigenvalue weighted by Crippen LogP contribution is -2.14. The number of hydrogen-bond acceptors (Lipinski definition) is 4. The van der Waals surface area contributed by atoms with Crippen molar-refractivity contribution in [3.63, 3.8) is 0 Å². The van der Waals surface area contributed by atoms with Crippen LogP contribution in [0.4, 0.5) is 18.9 Å². The highest BCUT2D eigenvalue weighted by Gasteiger charge is 2.32. The number of benzene rings is 2. The minimum atomic E-state index is -4.48. The molecule has 0 atom stereocenters. The Labute approximate surface area is 146 Å². The van der Waals surface area contributed by atoms with Gasteiger partial charge in [0.2, 0.25) is 0 Å². The summed E-state index contributed by atoms with van der Waals surface area (Å²) < 4.78 is 43.9. The van der Waals surface area contributed by atoms with Gasteiger partial charge in [-0.25, -0.2) is 0 Å². The van der Waals surface area contributed by atoms with Crippen LogP contribution in [0.1, 0.15) is 27.3 Å². The molecular formula is C18H14F3N3O2. The molecule has 1 heterocycles. The molecule has 0 radical (unpaired) electrons. The quantitative estimate of drug-likeness (QED) is 0.739. The Morgan fingerprint density at radius 3 is 2.35 bits per heavy atom. The van der Waals surface area contributed by atoms with Crippen molar-refractivity contribution in [1.82, 2.24) is 10.1 Å². The number of alkyl halides is 3. The Kier molecular flexibility index (Phi) is 4.50. The van der Waals surface area contributed by atoms with E-state index >= 15 is 0 Å². The molecular weight excluding hydrogens is 347 g/mol. The largest absolute Gasteiger partial charge is 0.416 e. The minimum Gasteiger partial charge on any atom is -0.334 e. The van der Waals surface area contributed by atoms with Gasteiger partial charge in [0.05, 0.1) is 5.56 Å². The third kappa shape index (κ3) is 3.74. The molecule has 0 aliphatic rings. The van der Waals surface area contributed by atoms with Crippen LogP contribution in [0.5, 0.6) is 0 Å². The molecule has 0 spiro atoms. The van der Waals surface area contributed by atoms with E-state index in [1.54, 1.807) is 19.1 Å². The molecule has 0 saturated heterocycles. The van der Waals surface area contributed by atoms with Gasteiger partial charge in [0.25, 0.3) is 11.8 Å². The van der Waals surface area contributed by atoms with Crippen molar-refractivity contribution in [1.29, 1.82) is 0 Å². The predicted octanol–water partition coefficient (Wildman–Crippen LogP) is 4.62. The van der Waals surface area contributed by atoms with E-state index in [1.165, 1.54) is 31.2 Å². The van der Waals surface area contributed by atoms with Gasteiger partial charge in [-0.15, -0.1) is 0 Å². The first-order chi connectivity index (χ1) is 12.2. The fraction of sp³-hybridized carbons (Fsp3) is 0.167. The van der Waals surface area contributed by atoms with E-state index in [2.05, 4.69) is 15.5 Å². The number of halogens is 3. The van der Waals surface area contributed by atoms with Gasteiger partial charge in [0, 0.05) is 16.8 Å². The van der Waals surface area contributed by atoms with Crippen molar-refractivity contribution in [2.75, 3.05) is 5.32 Å². The number of anilines is 1. The van der Waals surface area contributed by atoms with Gasteiger partial charge in [0.15, 0.2) is 5.82 Å². The van der Waals surface area contributed by atoms with Crippen molar-refractivity contribution in [2.45, 2.75) is 20.0 Å². The van der Waals surface area contributed by atoms with Crippen LogP contribution in [0.2, 0.25) is 0 Å². The van der Waals surface area contributed by atoms with Crippen molar-refractivity contribution >= 4 is 11.6 Å². The Morgan fingerprint density at radius 1 is 1.08 bits per heavy atom. The van der Waals surface area contributed by atoms with Crippen LogP contribution in [0.3, 0.4) is 0 Å². The molecule has 3 aromatic rings. The zero-order valence-corrected chi connectivity index (χ0v) is 13.9. The maximum absolute atomic E-state index is 13.0. The number of aryl methyl sites for hydroxylation is 2. The third-order valence-corrected chi connectivity index (χ3v) is 3.72. The Balaban J connectivity index is 1.78.